The average molecular weight is 253 g/mol. The number of nitrogens with zero attached hydrogens (tertiary/aromatic N) is 4. The molecule has 0 aliphatic carbocycles. The number of aromatic nitrogens is 4. The van der Waals surface area contributed by atoms with Gasteiger partial charge in [0.1, 0.15) is 5.15 Å². The summed E-state index contributed by atoms with van der Waals surface area (Å²) in [5, 5.41) is 7.42. The van der Waals surface area contributed by atoms with Gasteiger partial charge in [-0.1, -0.05) is 11.6 Å². The normalized spacial score (nSPS) is 20.5. The summed E-state index contributed by atoms with van der Waals surface area (Å²) in [5.41, 5.74) is 6.22. The lowest BCUT2D eigenvalue weighted by molar-refractivity contribution is -0.117. The predicted octanol–water partition coefficient (Wildman–Crippen LogP) is 0.0703. The molecule has 1 atom stereocenters. The quantitative estimate of drug-likeness (QED) is 0.700. The molecular formula is C9H9ClN6O. The van der Waals surface area contributed by atoms with E-state index in [-0.39, 0.29) is 23.1 Å². The second-order valence-corrected chi connectivity index (χ2v) is 4.27. The summed E-state index contributed by atoms with van der Waals surface area (Å²) in [6, 6.07) is -0.178. The zero-order chi connectivity index (χ0) is 12.0. The van der Waals surface area contributed by atoms with Crippen LogP contribution in [-0.2, 0) is 4.79 Å². The maximum Gasteiger partial charge on any atom is 0.235 e. The first-order chi connectivity index (χ1) is 8.15. The first-order valence-corrected chi connectivity index (χ1v) is 5.45. The van der Waals surface area contributed by atoms with E-state index in [0.29, 0.717) is 24.0 Å². The number of H-pyrrole nitrogens is 1. The van der Waals surface area contributed by atoms with Crippen LogP contribution in [0.15, 0.2) is 6.20 Å². The maximum absolute atomic E-state index is 11.7. The zero-order valence-electron chi connectivity index (χ0n) is 8.72. The van der Waals surface area contributed by atoms with E-state index in [4.69, 9.17) is 17.3 Å². The van der Waals surface area contributed by atoms with Gasteiger partial charge in [-0.05, 0) is 0 Å². The van der Waals surface area contributed by atoms with Crippen LogP contribution in [0.2, 0.25) is 5.15 Å². The number of rotatable bonds is 1. The van der Waals surface area contributed by atoms with Crippen LogP contribution >= 0.6 is 11.6 Å². The smallest absolute Gasteiger partial charge is 0.235 e. The van der Waals surface area contributed by atoms with Crippen molar-refractivity contribution in [1.29, 1.82) is 0 Å². The van der Waals surface area contributed by atoms with Crippen molar-refractivity contribution in [3.8, 4) is 0 Å². The van der Waals surface area contributed by atoms with Crippen molar-refractivity contribution in [1.82, 2.24) is 20.2 Å². The predicted molar refractivity (Wildman–Crippen MR) is 61.6 cm³/mol. The molecule has 1 amide bonds. The fourth-order valence-corrected chi connectivity index (χ4v) is 2.05. The number of carbonyl (C=O) groups excluding carboxylic acids is 1. The van der Waals surface area contributed by atoms with Gasteiger partial charge in [0.2, 0.25) is 11.9 Å². The molecule has 2 aromatic rings. The molecule has 0 aromatic carbocycles. The Balaban J connectivity index is 2.08. The zero-order valence-corrected chi connectivity index (χ0v) is 9.48. The first-order valence-electron chi connectivity index (χ1n) is 5.07. The van der Waals surface area contributed by atoms with Gasteiger partial charge < -0.3 is 5.73 Å². The Bertz CT molecular complexity index is 596. The van der Waals surface area contributed by atoms with Gasteiger partial charge in [0, 0.05) is 19.0 Å². The lowest BCUT2D eigenvalue weighted by Crippen LogP contribution is -2.29. The van der Waals surface area contributed by atoms with Gasteiger partial charge in [-0.25, -0.2) is 0 Å². The lowest BCUT2D eigenvalue weighted by Gasteiger charge is -2.13. The van der Waals surface area contributed by atoms with Crippen LogP contribution in [0, 0.1) is 0 Å². The van der Waals surface area contributed by atoms with Crippen LogP contribution in [0.3, 0.4) is 0 Å². The number of amides is 1. The molecule has 3 heterocycles. The minimum atomic E-state index is -0.178. The van der Waals surface area contributed by atoms with Crippen LogP contribution in [0.5, 0.6) is 0 Å². The molecule has 1 saturated heterocycles. The highest BCUT2D eigenvalue weighted by molar-refractivity contribution is 6.34. The molecule has 3 rings (SSSR count). The van der Waals surface area contributed by atoms with Gasteiger partial charge in [0.15, 0.2) is 5.65 Å². The largest absolute Gasteiger partial charge is 0.326 e. The second kappa shape index (κ2) is 3.64. The molecule has 0 spiro atoms. The topological polar surface area (TPSA) is 101 Å². The molecule has 7 nitrogen and oxygen atoms in total. The van der Waals surface area contributed by atoms with Crippen LogP contribution in [0.4, 0.5) is 5.95 Å². The summed E-state index contributed by atoms with van der Waals surface area (Å²) in [5.74, 6) is 0.178. The molecule has 0 bridgehead atoms. The third-order valence-electron chi connectivity index (χ3n) is 2.65. The number of nitrogens with one attached hydrogen (secondary N) is 1. The van der Waals surface area contributed by atoms with E-state index in [1.165, 1.54) is 4.90 Å². The summed E-state index contributed by atoms with van der Waals surface area (Å²) < 4.78 is 0. The lowest BCUT2D eigenvalue weighted by atomic mass is 10.3. The highest BCUT2D eigenvalue weighted by Gasteiger charge is 2.30. The van der Waals surface area contributed by atoms with E-state index in [0.717, 1.165) is 0 Å². The van der Waals surface area contributed by atoms with Crippen molar-refractivity contribution >= 4 is 34.5 Å². The second-order valence-electron chi connectivity index (χ2n) is 3.92. The Labute approximate surface area is 101 Å². The van der Waals surface area contributed by atoms with Crippen molar-refractivity contribution in [2.45, 2.75) is 12.5 Å². The van der Waals surface area contributed by atoms with Crippen LogP contribution < -0.4 is 10.6 Å². The summed E-state index contributed by atoms with van der Waals surface area (Å²) in [4.78, 5) is 21.4. The van der Waals surface area contributed by atoms with Crippen LogP contribution in [0.25, 0.3) is 11.0 Å². The van der Waals surface area contributed by atoms with E-state index in [9.17, 15) is 4.79 Å². The van der Waals surface area contributed by atoms with Gasteiger partial charge in [-0.15, -0.1) is 0 Å². The van der Waals surface area contributed by atoms with Crippen LogP contribution in [-0.4, -0.2) is 38.7 Å². The monoisotopic (exact) mass is 252 g/mol. The number of fused-ring (bicyclic) bond motifs is 1. The fraction of sp³-hybridized carbons (Fsp3) is 0.333. The minimum absolute atomic E-state index is 0.0903. The molecule has 1 aliphatic heterocycles. The Morgan fingerprint density at radius 2 is 2.35 bits per heavy atom. The average Bonchev–Trinajstić information content (AvgIpc) is 2.84. The van der Waals surface area contributed by atoms with E-state index in [2.05, 4.69) is 20.2 Å². The molecule has 1 aliphatic rings. The van der Waals surface area contributed by atoms with Gasteiger partial charge in [-0.2, -0.15) is 15.1 Å². The number of aromatic amines is 1. The fourth-order valence-electron chi connectivity index (χ4n) is 1.84. The third-order valence-corrected chi connectivity index (χ3v) is 2.94. The Morgan fingerprint density at radius 1 is 1.53 bits per heavy atom. The number of anilines is 1. The summed E-state index contributed by atoms with van der Waals surface area (Å²) >= 11 is 5.99. The Hall–Kier alpha value is -1.73. The number of carbonyl (C=O) groups is 1. The molecule has 2 aromatic heterocycles. The van der Waals surface area contributed by atoms with Gasteiger partial charge in [0.25, 0.3) is 0 Å². The van der Waals surface area contributed by atoms with Crippen molar-refractivity contribution in [2.24, 2.45) is 5.73 Å². The molecule has 0 radical (unpaired) electrons. The van der Waals surface area contributed by atoms with E-state index in [1.54, 1.807) is 6.20 Å². The van der Waals surface area contributed by atoms with Crippen molar-refractivity contribution in [3.05, 3.63) is 11.3 Å². The standard InChI is InChI=1S/C9H9ClN6O/c10-7-5-2-12-15-8(5)14-9(13-7)16-3-4(11)1-6(16)17/h2,4H,1,3,11H2,(H,12,13,14,15). The summed E-state index contributed by atoms with van der Waals surface area (Å²) in [7, 11) is 0. The van der Waals surface area contributed by atoms with Gasteiger partial charge in [-0.3, -0.25) is 14.8 Å². The highest BCUT2D eigenvalue weighted by Crippen LogP contribution is 2.23. The van der Waals surface area contributed by atoms with E-state index < -0.39 is 0 Å². The summed E-state index contributed by atoms with van der Waals surface area (Å²) in [6.07, 6.45) is 1.85. The molecule has 17 heavy (non-hydrogen) atoms. The number of hydrogen-bond acceptors (Lipinski definition) is 5. The summed E-state index contributed by atoms with van der Waals surface area (Å²) in [6.45, 7) is 0.412. The molecule has 1 unspecified atom stereocenters. The van der Waals surface area contributed by atoms with Crippen molar-refractivity contribution in [2.75, 3.05) is 11.4 Å². The highest BCUT2D eigenvalue weighted by atomic mass is 35.5. The molecule has 1 fully saturated rings. The Kier molecular flexibility index (Phi) is 2.23. The number of halogens is 1. The van der Waals surface area contributed by atoms with Gasteiger partial charge >= 0.3 is 0 Å². The third kappa shape index (κ3) is 1.63. The minimum Gasteiger partial charge on any atom is -0.326 e. The SMILES string of the molecule is NC1CC(=O)N(c2nc(Cl)c3cn[nH]c3n2)C1. The van der Waals surface area contributed by atoms with E-state index >= 15 is 0 Å². The first kappa shape index (κ1) is 10.4. The molecular weight excluding hydrogens is 244 g/mol. The van der Waals surface area contributed by atoms with E-state index in [1.807, 2.05) is 0 Å². The Morgan fingerprint density at radius 3 is 3.06 bits per heavy atom. The molecule has 0 saturated carbocycles. The maximum atomic E-state index is 11.7. The van der Waals surface area contributed by atoms with Crippen LogP contribution in [0.1, 0.15) is 6.42 Å². The number of nitrogens with two attached hydrogens (primary N) is 1. The van der Waals surface area contributed by atoms with Gasteiger partial charge in [0.05, 0.1) is 11.6 Å². The molecule has 88 valence electrons. The molecule has 8 heteroatoms. The number of hydrogen-bond donors (Lipinski definition) is 2. The molecule has 3 N–H and O–H groups in total. The van der Waals surface area contributed by atoms with Crippen molar-refractivity contribution < 1.29 is 4.79 Å². The van der Waals surface area contributed by atoms with Crippen molar-refractivity contribution in [3.63, 3.8) is 0 Å².